The van der Waals surface area contributed by atoms with Gasteiger partial charge in [0.2, 0.25) is 5.91 Å². The Hall–Kier alpha value is -0.940. The quantitative estimate of drug-likeness (QED) is 0.845. The number of alkyl halides is 1. The maximum absolute atomic E-state index is 11.9. The zero-order valence-electron chi connectivity index (χ0n) is 10.0. The first-order valence-electron chi connectivity index (χ1n) is 5.47. The number of ether oxygens (including phenoxy) is 2. The van der Waals surface area contributed by atoms with E-state index in [4.69, 9.17) is 21.1 Å². The molecule has 0 aliphatic carbocycles. The summed E-state index contributed by atoms with van der Waals surface area (Å²) in [5.74, 6) is 1.01. The Labute approximate surface area is 119 Å². The van der Waals surface area contributed by atoms with Gasteiger partial charge < -0.3 is 14.8 Å². The number of carbonyl (C=O) groups is 1. The van der Waals surface area contributed by atoms with Gasteiger partial charge in [-0.05, 0) is 13.8 Å². The van der Waals surface area contributed by atoms with E-state index in [1.807, 2.05) is 0 Å². The summed E-state index contributed by atoms with van der Waals surface area (Å²) in [6.45, 7) is 4.51. The molecule has 1 aliphatic rings. The van der Waals surface area contributed by atoms with Gasteiger partial charge in [-0.2, -0.15) is 0 Å². The summed E-state index contributed by atoms with van der Waals surface area (Å²) < 4.78 is 10.2. The first kappa shape index (κ1) is 13.5. The van der Waals surface area contributed by atoms with Gasteiger partial charge in [0.05, 0.1) is 15.0 Å². The molecule has 1 heterocycles. The highest BCUT2D eigenvalue weighted by atomic mass is 79.9. The number of halogens is 2. The number of rotatable bonds is 2. The standard InChI is InChI=1S/C12H13BrClNO3/c1-12(2,13)11(16)15-8-6-10-9(5-7(8)14)17-3-4-18-10/h5-6H,3-4H2,1-2H3,(H,15,16). The minimum atomic E-state index is -0.663. The summed E-state index contributed by atoms with van der Waals surface area (Å²) in [6, 6.07) is 3.32. The molecule has 1 N–H and O–H groups in total. The van der Waals surface area contributed by atoms with E-state index in [0.29, 0.717) is 35.4 Å². The molecule has 1 aromatic carbocycles. The third-order valence-electron chi connectivity index (χ3n) is 2.42. The zero-order chi connectivity index (χ0) is 13.3. The molecule has 1 aliphatic heterocycles. The van der Waals surface area contributed by atoms with E-state index in [1.165, 1.54) is 0 Å². The van der Waals surface area contributed by atoms with Crippen molar-refractivity contribution in [1.82, 2.24) is 0 Å². The van der Waals surface area contributed by atoms with Crippen LogP contribution in [0.1, 0.15) is 13.8 Å². The van der Waals surface area contributed by atoms with Crippen molar-refractivity contribution in [1.29, 1.82) is 0 Å². The highest BCUT2D eigenvalue weighted by Crippen LogP contribution is 2.38. The number of nitrogens with one attached hydrogen (secondary N) is 1. The number of amides is 1. The van der Waals surface area contributed by atoms with Crippen LogP contribution in [0.25, 0.3) is 0 Å². The lowest BCUT2D eigenvalue weighted by atomic mass is 10.2. The van der Waals surface area contributed by atoms with Gasteiger partial charge in [0, 0.05) is 12.1 Å². The number of hydrogen-bond acceptors (Lipinski definition) is 3. The fourth-order valence-corrected chi connectivity index (χ4v) is 1.73. The third kappa shape index (κ3) is 2.90. The van der Waals surface area contributed by atoms with Crippen molar-refractivity contribution in [3.05, 3.63) is 17.2 Å². The van der Waals surface area contributed by atoms with Crippen LogP contribution in [-0.2, 0) is 4.79 Å². The van der Waals surface area contributed by atoms with Gasteiger partial charge in [0.1, 0.15) is 13.2 Å². The summed E-state index contributed by atoms with van der Waals surface area (Å²) in [5, 5.41) is 3.17. The number of fused-ring (bicyclic) bond motifs is 1. The fourth-order valence-electron chi connectivity index (χ4n) is 1.43. The predicted molar refractivity (Wildman–Crippen MR) is 74.1 cm³/mol. The van der Waals surface area contributed by atoms with Crippen LogP contribution in [0.15, 0.2) is 12.1 Å². The van der Waals surface area contributed by atoms with E-state index in [9.17, 15) is 4.79 Å². The van der Waals surface area contributed by atoms with Gasteiger partial charge in [-0.3, -0.25) is 4.79 Å². The molecule has 2 rings (SSSR count). The maximum atomic E-state index is 11.9. The summed E-state index contributed by atoms with van der Waals surface area (Å²) in [5.41, 5.74) is 0.512. The molecule has 0 fully saturated rings. The van der Waals surface area contributed by atoms with Gasteiger partial charge in [-0.1, -0.05) is 27.5 Å². The van der Waals surface area contributed by atoms with Gasteiger partial charge in [0.15, 0.2) is 11.5 Å². The predicted octanol–water partition coefficient (Wildman–Crippen LogP) is 3.22. The van der Waals surface area contributed by atoms with Crippen molar-refractivity contribution in [3.63, 3.8) is 0 Å². The second kappa shape index (κ2) is 4.97. The van der Waals surface area contributed by atoms with Crippen LogP contribution in [0.2, 0.25) is 5.02 Å². The smallest absolute Gasteiger partial charge is 0.240 e. The number of anilines is 1. The van der Waals surface area contributed by atoms with Crippen LogP contribution in [0.3, 0.4) is 0 Å². The largest absolute Gasteiger partial charge is 0.486 e. The molecule has 0 bridgehead atoms. The first-order chi connectivity index (χ1) is 8.38. The highest BCUT2D eigenvalue weighted by Gasteiger charge is 2.25. The lowest BCUT2D eigenvalue weighted by Gasteiger charge is -2.21. The van der Waals surface area contributed by atoms with E-state index in [1.54, 1.807) is 26.0 Å². The molecule has 18 heavy (non-hydrogen) atoms. The zero-order valence-corrected chi connectivity index (χ0v) is 12.4. The van der Waals surface area contributed by atoms with Crippen molar-refractivity contribution in [2.75, 3.05) is 18.5 Å². The van der Waals surface area contributed by atoms with Crippen LogP contribution in [0.5, 0.6) is 11.5 Å². The van der Waals surface area contributed by atoms with E-state index in [-0.39, 0.29) is 5.91 Å². The van der Waals surface area contributed by atoms with Gasteiger partial charge in [-0.15, -0.1) is 0 Å². The maximum Gasteiger partial charge on any atom is 0.240 e. The average molecular weight is 335 g/mol. The number of carbonyl (C=O) groups excluding carboxylic acids is 1. The van der Waals surface area contributed by atoms with Crippen molar-refractivity contribution < 1.29 is 14.3 Å². The molecule has 98 valence electrons. The van der Waals surface area contributed by atoms with Gasteiger partial charge in [-0.25, -0.2) is 0 Å². The molecule has 0 radical (unpaired) electrons. The van der Waals surface area contributed by atoms with E-state index in [2.05, 4.69) is 21.2 Å². The second-order valence-electron chi connectivity index (χ2n) is 4.40. The summed E-state index contributed by atoms with van der Waals surface area (Å²) in [6.07, 6.45) is 0. The third-order valence-corrected chi connectivity index (χ3v) is 3.09. The van der Waals surface area contributed by atoms with Crippen LogP contribution in [-0.4, -0.2) is 23.4 Å². The van der Waals surface area contributed by atoms with Crippen molar-refractivity contribution in [2.24, 2.45) is 0 Å². The van der Waals surface area contributed by atoms with Crippen LogP contribution in [0.4, 0.5) is 5.69 Å². The van der Waals surface area contributed by atoms with Crippen LogP contribution < -0.4 is 14.8 Å². The lowest BCUT2D eigenvalue weighted by molar-refractivity contribution is -0.117. The lowest BCUT2D eigenvalue weighted by Crippen LogP contribution is -2.31. The Morgan fingerprint density at radius 1 is 1.33 bits per heavy atom. The highest BCUT2D eigenvalue weighted by molar-refractivity contribution is 9.10. The van der Waals surface area contributed by atoms with Gasteiger partial charge in [0.25, 0.3) is 0 Å². The van der Waals surface area contributed by atoms with E-state index < -0.39 is 4.32 Å². The number of hydrogen-bond donors (Lipinski definition) is 1. The average Bonchev–Trinajstić information content (AvgIpc) is 2.28. The summed E-state index contributed by atoms with van der Waals surface area (Å²) in [4.78, 5) is 11.9. The molecular formula is C12H13BrClNO3. The fraction of sp³-hybridized carbons (Fsp3) is 0.417. The molecule has 0 atom stereocenters. The Bertz CT molecular complexity index is 485. The minimum Gasteiger partial charge on any atom is -0.486 e. The normalized spacial score (nSPS) is 14.2. The second-order valence-corrected chi connectivity index (χ2v) is 6.79. The molecule has 4 nitrogen and oxygen atoms in total. The monoisotopic (exact) mass is 333 g/mol. The van der Waals surface area contributed by atoms with Crippen molar-refractivity contribution >= 4 is 39.1 Å². The molecule has 0 spiro atoms. The molecule has 0 unspecified atom stereocenters. The number of benzene rings is 1. The van der Waals surface area contributed by atoms with E-state index in [0.717, 1.165) is 0 Å². The Morgan fingerprint density at radius 3 is 2.44 bits per heavy atom. The minimum absolute atomic E-state index is 0.180. The van der Waals surface area contributed by atoms with Crippen molar-refractivity contribution in [2.45, 2.75) is 18.2 Å². The topological polar surface area (TPSA) is 47.6 Å². The first-order valence-corrected chi connectivity index (χ1v) is 6.64. The van der Waals surface area contributed by atoms with Crippen molar-refractivity contribution in [3.8, 4) is 11.5 Å². The molecule has 1 aromatic rings. The molecule has 0 saturated carbocycles. The van der Waals surface area contributed by atoms with Crippen LogP contribution >= 0.6 is 27.5 Å². The van der Waals surface area contributed by atoms with E-state index >= 15 is 0 Å². The molecule has 1 amide bonds. The Morgan fingerprint density at radius 2 is 1.89 bits per heavy atom. The Kier molecular flexibility index (Phi) is 3.73. The Balaban J connectivity index is 2.26. The summed E-state index contributed by atoms with van der Waals surface area (Å²) in [7, 11) is 0. The van der Waals surface area contributed by atoms with Crippen LogP contribution in [0, 0.1) is 0 Å². The molecule has 6 heteroatoms. The molecule has 0 aromatic heterocycles. The molecular weight excluding hydrogens is 321 g/mol. The van der Waals surface area contributed by atoms with Gasteiger partial charge >= 0.3 is 0 Å². The molecule has 0 saturated heterocycles. The summed E-state index contributed by atoms with van der Waals surface area (Å²) >= 11 is 9.38. The SMILES string of the molecule is CC(C)(Br)C(=O)Nc1cc2c(cc1Cl)OCCO2.